The van der Waals surface area contributed by atoms with E-state index in [-0.39, 0.29) is 37.3 Å². The Bertz CT molecular complexity index is 1170. The number of hydrogen-bond acceptors (Lipinski definition) is 5. The van der Waals surface area contributed by atoms with E-state index in [1.165, 1.54) is 6.07 Å². The zero-order chi connectivity index (χ0) is 23.9. The van der Waals surface area contributed by atoms with Crippen molar-refractivity contribution < 1.29 is 28.2 Å². The number of rotatable bonds is 7. The molecule has 0 saturated heterocycles. The predicted octanol–water partition coefficient (Wildman–Crippen LogP) is 3.56. The van der Waals surface area contributed by atoms with Gasteiger partial charge in [0.1, 0.15) is 29.7 Å². The molecule has 0 radical (unpaired) electrons. The Kier molecular flexibility index (Phi) is 7.27. The fourth-order valence-electron chi connectivity index (χ4n) is 3.58. The van der Waals surface area contributed by atoms with Gasteiger partial charge in [0.25, 0.3) is 11.8 Å². The summed E-state index contributed by atoms with van der Waals surface area (Å²) in [4.78, 5) is 27.0. The molecule has 1 aliphatic rings. The van der Waals surface area contributed by atoms with Crippen molar-refractivity contribution in [2.45, 2.75) is 13.1 Å². The predicted molar refractivity (Wildman–Crippen MR) is 123 cm³/mol. The molecule has 4 rings (SSSR count). The lowest BCUT2D eigenvalue weighted by atomic mass is 10.1. The van der Waals surface area contributed by atoms with Gasteiger partial charge in [0, 0.05) is 29.8 Å². The molecule has 1 heterocycles. The van der Waals surface area contributed by atoms with Crippen LogP contribution in [0.5, 0.6) is 17.2 Å². The molecule has 34 heavy (non-hydrogen) atoms. The lowest BCUT2D eigenvalue weighted by molar-refractivity contribution is -0.134. The quantitative estimate of drug-likeness (QED) is 0.579. The summed E-state index contributed by atoms with van der Waals surface area (Å²) in [5.74, 6) is 0.988. The normalized spacial score (nSPS) is 12.7. The van der Waals surface area contributed by atoms with E-state index in [0.29, 0.717) is 47.1 Å². The highest BCUT2D eigenvalue weighted by atomic mass is 19.1. The van der Waals surface area contributed by atoms with Crippen LogP contribution in [-0.4, -0.2) is 43.6 Å². The van der Waals surface area contributed by atoms with Crippen LogP contribution in [-0.2, 0) is 17.9 Å². The third-order valence-corrected chi connectivity index (χ3v) is 5.47. The topological polar surface area (TPSA) is 77.1 Å². The second-order valence-corrected chi connectivity index (χ2v) is 7.72. The van der Waals surface area contributed by atoms with Gasteiger partial charge in [0.05, 0.1) is 13.7 Å². The number of hydrogen-bond donors (Lipinski definition) is 1. The van der Waals surface area contributed by atoms with Crippen molar-refractivity contribution in [2.24, 2.45) is 0 Å². The largest absolute Gasteiger partial charge is 0.497 e. The van der Waals surface area contributed by atoms with Crippen molar-refractivity contribution in [3.63, 3.8) is 0 Å². The Morgan fingerprint density at radius 2 is 1.82 bits per heavy atom. The second-order valence-electron chi connectivity index (χ2n) is 7.72. The van der Waals surface area contributed by atoms with Crippen LogP contribution in [0.3, 0.4) is 0 Å². The third kappa shape index (κ3) is 5.64. The zero-order valence-corrected chi connectivity index (χ0v) is 18.8. The van der Waals surface area contributed by atoms with Gasteiger partial charge in [-0.15, -0.1) is 0 Å². The number of carbonyl (C=O) groups excluding carboxylic acids is 2. The van der Waals surface area contributed by atoms with Crippen LogP contribution < -0.4 is 19.5 Å². The molecule has 0 unspecified atom stereocenters. The molecule has 1 N–H and O–H groups in total. The number of fused-ring (bicyclic) bond motifs is 1. The van der Waals surface area contributed by atoms with Crippen molar-refractivity contribution in [3.8, 4) is 17.2 Å². The van der Waals surface area contributed by atoms with Crippen molar-refractivity contribution in [1.29, 1.82) is 0 Å². The van der Waals surface area contributed by atoms with Gasteiger partial charge in [0.2, 0.25) is 0 Å². The number of benzene rings is 3. The van der Waals surface area contributed by atoms with E-state index in [1.807, 2.05) is 0 Å². The molecule has 3 aromatic rings. The molecule has 0 saturated carbocycles. The maximum atomic E-state index is 13.8. The van der Waals surface area contributed by atoms with Gasteiger partial charge in [0.15, 0.2) is 6.61 Å². The molecule has 1 aliphatic heterocycles. The van der Waals surface area contributed by atoms with E-state index >= 15 is 0 Å². The van der Waals surface area contributed by atoms with E-state index in [2.05, 4.69) is 5.32 Å². The molecule has 176 valence electrons. The zero-order valence-electron chi connectivity index (χ0n) is 18.8. The van der Waals surface area contributed by atoms with Gasteiger partial charge >= 0.3 is 0 Å². The Labute approximate surface area is 197 Å². The van der Waals surface area contributed by atoms with Crippen LogP contribution in [0.1, 0.15) is 21.5 Å². The van der Waals surface area contributed by atoms with Gasteiger partial charge in [-0.3, -0.25) is 9.59 Å². The summed E-state index contributed by atoms with van der Waals surface area (Å²) >= 11 is 0. The van der Waals surface area contributed by atoms with Crippen molar-refractivity contribution >= 4 is 11.8 Å². The monoisotopic (exact) mass is 464 g/mol. The molecule has 0 fully saturated rings. The number of nitrogens with zero attached hydrogens (tertiary/aromatic N) is 1. The Morgan fingerprint density at radius 1 is 1.06 bits per heavy atom. The minimum atomic E-state index is -0.371. The molecule has 3 aromatic carbocycles. The van der Waals surface area contributed by atoms with E-state index < -0.39 is 0 Å². The molecular weight excluding hydrogens is 439 g/mol. The molecule has 7 nitrogen and oxygen atoms in total. The maximum Gasteiger partial charge on any atom is 0.260 e. The molecule has 0 bridgehead atoms. The molecule has 0 aliphatic carbocycles. The summed E-state index contributed by atoms with van der Waals surface area (Å²) in [5.41, 5.74) is 1.53. The van der Waals surface area contributed by atoms with Crippen LogP contribution in [0.15, 0.2) is 66.7 Å². The van der Waals surface area contributed by atoms with E-state index in [9.17, 15) is 14.0 Å². The highest BCUT2D eigenvalue weighted by Gasteiger charge is 2.21. The van der Waals surface area contributed by atoms with Crippen LogP contribution in [0.25, 0.3) is 0 Å². The van der Waals surface area contributed by atoms with Crippen LogP contribution in [0, 0.1) is 5.82 Å². The maximum absolute atomic E-state index is 13.8. The van der Waals surface area contributed by atoms with Crippen LogP contribution >= 0.6 is 0 Å². The Balaban J connectivity index is 1.38. The van der Waals surface area contributed by atoms with E-state index in [0.717, 1.165) is 0 Å². The van der Waals surface area contributed by atoms with E-state index in [1.54, 1.807) is 72.7 Å². The standard InChI is InChI=1S/C26H25FN2O5/c1-32-21-7-9-22(10-8-21)34-17-25(30)29-12-13-33-24-11-6-18(14-20(24)16-29)26(31)28-15-19-4-2-3-5-23(19)27/h2-11,14H,12-13,15-17H2,1H3,(H,28,31). The number of methoxy groups -OCH3 is 1. The fourth-order valence-corrected chi connectivity index (χ4v) is 3.58. The first-order valence-electron chi connectivity index (χ1n) is 10.9. The molecule has 0 spiro atoms. The molecule has 8 heteroatoms. The highest BCUT2D eigenvalue weighted by molar-refractivity contribution is 5.94. The first-order valence-corrected chi connectivity index (χ1v) is 10.9. The summed E-state index contributed by atoms with van der Waals surface area (Å²) in [6, 6.07) is 18.3. The summed E-state index contributed by atoms with van der Waals surface area (Å²) in [5, 5.41) is 2.73. The number of ether oxygens (including phenoxy) is 3. The summed E-state index contributed by atoms with van der Waals surface area (Å²) in [6.07, 6.45) is 0. The van der Waals surface area contributed by atoms with Gasteiger partial charge in [-0.1, -0.05) is 18.2 Å². The number of halogens is 1. The number of amides is 2. The summed E-state index contributed by atoms with van der Waals surface area (Å²) in [6.45, 7) is 0.972. The molecule has 2 amide bonds. The average molecular weight is 464 g/mol. The Hall–Kier alpha value is -4.07. The number of carbonyl (C=O) groups is 2. The average Bonchev–Trinajstić information content (AvgIpc) is 3.09. The summed E-state index contributed by atoms with van der Waals surface area (Å²) in [7, 11) is 1.58. The van der Waals surface area contributed by atoms with Gasteiger partial charge in [-0.25, -0.2) is 4.39 Å². The van der Waals surface area contributed by atoms with Crippen molar-refractivity contribution in [1.82, 2.24) is 10.2 Å². The molecule has 0 aromatic heterocycles. The number of nitrogens with one attached hydrogen (secondary N) is 1. The molecule has 0 atom stereocenters. The van der Waals surface area contributed by atoms with Crippen molar-refractivity contribution in [3.05, 3.63) is 89.2 Å². The fraction of sp³-hybridized carbons (Fsp3) is 0.231. The molecular formula is C26H25FN2O5. The minimum Gasteiger partial charge on any atom is -0.497 e. The first-order chi connectivity index (χ1) is 16.5. The third-order valence-electron chi connectivity index (χ3n) is 5.47. The van der Waals surface area contributed by atoms with E-state index in [4.69, 9.17) is 14.2 Å². The second kappa shape index (κ2) is 10.7. The highest BCUT2D eigenvalue weighted by Crippen LogP contribution is 2.25. The Morgan fingerprint density at radius 3 is 2.59 bits per heavy atom. The minimum absolute atomic E-state index is 0.0758. The smallest absolute Gasteiger partial charge is 0.260 e. The van der Waals surface area contributed by atoms with Crippen LogP contribution in [0.4, 0.5) is 4.39 Å². The van der Waals surface area contributed by atoms with Gasteiger partial charge in [-0.2, -0.15) is 0 Å². The van der Waals surface area contributed by atoms with Gasteiger partial charge < -0.3 is 24.4 Å². The SMILES string of the molecule is COc1ccc(OCC(=O)N2CCOc3ccc(C(=O)NCc4ccccc4F)cc3C2)cc1. The lowest BCUT2D eigenvalue weighted by Crippen LogP contribution is -2.36. The summed E-state index contributed by atoms with van der Waals surface area (Å²) < 4.78 is 30.3. The van der Waals surface area contributed by atoms with Crippen LogP contribution in [0.2, 0.25) is 0 Å². The first kappa shape index (κ1) is 23.1. The van der Waals surface area contributed by atoms with Crippen molar-refractivity contribution in [2.75, 3.05) is 26.9 Å². The van der Waals surface area contributed by atoms with Gasteiger partial charge in [-0.05, 0) is 48.5 Å². The lowest BCUT2D eigenvalue weighted by Gasteiger charge is -2.20.